The normalized spacial score (nSPS) is 41.0. The maximum Gasteiger partial charge on any atom is 0.107 e. The lowest BCUT2D eigenvalue weighted by Gasteiger charge is -2.05. The molecule has 1 N–H and O–H groups in total. The smallest absolute Gasteiger partial charge is 0.107 e. The molecule has 1 heterocycles. The first-order valence-corrected chi connectivity index (χ1v) is 5.11. The second-order valence-electron chi connectivity index (χ2n) is 4.22. The Hall–Kier alpha value is -0.0800. The Balaban J connectivity index is 1.62. The molecule has 2 aliphatic rings. The highest BCUT2D eigenvalue weighted by atomic mass is 16.6. The fourth-order valence-electron chi connectivity index (χ4n) is 2.06. The Morgan fingerprint density at radius 2 is 2.25 bits per heavy atom. The van der Waals surface area contributed by atoms with Crippen molar-refractivity contribution in [3.63, 3.8) is 0 Å². The number of ether oxygens (including phenoxy) is 1. The summed E-state index contributed by atoms with van der Waals surface area (Å²) in [4.78, 5) is 0. The Morgan fingerprint density at radius 1 is 1.50 bits per heavy atom. The topological polar surface area (TPSA) is 32.8 Å². The van der Waals surface area contributed by atoms with Crippen molar-refractivity contribution in [3.05, 3.63) is 0 Å². The van der Waals surface area contributed by atoms with Crippen LogP contribution in [0.1, 0.15) is 32.6 Å². The van der Waals surface area contributed by atoms with Crippen molar-refractivity contribution in [2.75, 3.05) is 6.61 Å². The molecule has 1 aliphatic heterocycles. The van der Waals surface area contributed by atoms with Gasteiger partial charge in [-0.05, 0) is 24.7 Å². The molecule has 0 bridgehead atoms. The van der Waals surface area contributed by atoms with E-state index in [1.807, 2.05) is 0 Å². The zero-order valence-electron chi connectivity index (χ0n) is 7.70. The highest BCUT2D eigenvalue weighted by molar-refractivity contribution is 4.91. The van der Waals surface area contributed by atoms with Crippen LogP contribution in [-0.2, 0) is 4.74 Å². The van der Waals surface area contributed by atoms with Gasteiger partial charge in [-0.25, -0.2) is 0 Å². The highest BCUT2D eigenvalue weighted by Gasteiger charge is 2.41. The van der Waals surface area contributed by atoms with Gasteiger partial charge in [-0.15, -0.1) is 0 Å². The van der Waals surface area contributed by atoms with Crippen molar-refractivity contribution < 1.29 is 9.84 Å². The SMILES string of the molecule is CCCC1CC1CC(O)C1CO1. The molecule has 0 aromatic heterocycles. The molecular weight excluding hydrogens is 152 g/mol. The van der Waals surface area contributed by atoms with Gasteiger partial charge in [0.2, 0.25) is 0 Å². The van der Waals surface area contributed by atoms with Crippen LogP contribution in [0, 0.1) is 11.8 Å². The van der Waals surface area contributed by atoms with Gasteiger partial charge in [-0.3, -0.25) is 0 Å². The van der Waals surface area contributed by atoms with Crippen molar-refractivity contribution in [3.8, 4) is 0 Å². The van der Waals surface area contributed by atoms with Gasteiger partial charge in [-0.2, -0.15) is 0 Å². The summed E-state index contributed by atoms with van der Waals surface area (Å²) in [7, 11) is 0. The Morgan fingerprint density at radius 3 is 2.83 bits per heavy atom. The minimum atomic E-state index is -0.170. The van der Waals surface area contributed by atoms with Crippen LogP contribution in [-0.4, -0.2) is 23.9 Å². The van der Waals surface area contributed by atoms with Crippen LogP contribution < -0.4 is 0 Å². The van der Waals surface area contributed by atoms with E-state index in [4.69, 9.17) is 4.74 Å². The molecule has 4 unspecified atom stereocenters. The lowest BCUT2D eigenvalue weighted by Crippen LogP contribution is -2.15. The Kier molecular flexibility index (Phi) is 2.37. The summed E-state index contributed by atoms with van der Waals surface area (Å²) in [5.41, 5.74) is 0. The van der Waals surface area contributed by atoms with Crippen LogP contribution >= 0.6 is 0 Å². The first-order chi connectivity index (χ1) is 5.81. The molecule has 1 saturated heterocycles. The van der Waals surface area contributed by atoms with Crippen LogP contribution in [0.3, 0.4) is 0 Å². The van der Waals surface area contributed by atoms with E-state index in [0.717, 1.165) is 24.9 Å². The van der Waals surface area contributed by atoms with E-state index < -0.39 is 0 Å². The fourth-order valence-corrected chi connectivity index (χ4v) is 2.06. The van der Waals surface area contributed by atoms with Gasteiger partial charge in [0, 0.05) is 0 Å². The van der Waals surface area contributed by atoms with Gasteiger partial charge in [0.05, 0.1) is 12.7 Å². The molecule has 2 rings (SSSR count). The molecular formula is C10H18O2. The van der Waals surface area contributed by atoms with E-state index in [-0.39, 0.29) is 12.2 Å². The molecule has 0 amide bonds. The molecule has 1 saturated carbocycles. The third kappa shape index (κ3) is 1.99. The largest absolute Gasteiger partial charge is 0.390 e. The molecule has 4 atom stereocenters. The van der Waals surface area contributed by atoms with Crippen molar-refractivity contribution in [2.45, 2.75) is 44.8 Å². The van der Waals surface area contributed by atoms with Gasteiger partial charge in [0.25, 0.3) is 0 Å². The minimum Gasteiger partial charge on any atom is -0.390 e. The zero-order valence-corrected chi connectivity index (χ0v) is 7.70. The molecule has 0 radical (unpaired) electrons. The zero-order chi connectivity index (χ0) is 8.55. The van der Waals surface area contributed by atoms with Crippen molar-refractivity contribution in [1.29, 1.82) is 0 Å². The first-order valence-electron chi connectivity index (χ1n) is 5.11. The van der Waals surface area contributed by atoms with Crippen molar-refractivity contribution in [2.24, 2.45) is 11.8 Å². The van der Waals surface area contributed by atoms with Crippen LogP contribution in [0.5, 0.6) is 0 Å². The lowest BCUT2D eigenvalue weighted by atomic mass is 10.1. The van der Waals surface area contributed by atoms with E-state index >= 15 is 0 Å². The van der Waals surface area contributed by atoms with Gasteiger partial charge >= 0.3 is 0 Å². The van der Waals surface area contributed by atoms with Gasteiger partial charge < -0.3 is 9.84 Å². The lowest BCUT2D eigenvalue weighted by molar-refractivity contribution is 0.119. The second kappa shape index (κ2) is 3.35. The fraction of sp³-hybridized carbons (Fsp3) is 1.00. The van der Waals surface area contributed by atoms with E-state index in [1.165, 1.54) is 19.3 Å². The summed E-state index contributed by atoms with van der Waals surface area (Å²) >= 11 is 0. The predicted molar refractivity (Wildman–Crippen MR) is 46.9 cm³/mol. The third-order valence-electron chi connectivity index (χ3n) is 3.06. The van der Waals surface area contributed by atoms with Crippen molar-refractivity contribution in [1.82, 2.24) is 0 Å². The van der Waals surface area contributed by atoms with Crippen LogP contribution in [0.15, 0.2) is 0 Å². The third-order valence-corrected chi connectivity index (χ3v) is 3.06. The van der Waals surface area contributed by atoms with Crippen LogP contribution in [0.4, 0.5) is 0 Å². The molecule has 12 heavy (non-hydrogen) atoms. The maximum atomic E-state index is 9.56. The molecule has 70 valence electrons. The number of aliphatic hydroxyl groups excluding tert-OH is 1. The monoisotopic (exact) mass is 170 g/mol. The average Bonchev–Trinajstić information content (AvgIpc) is 2.81. The van der Waals surface area contributed by atoms with E-state index in [2.05, 4.69) is 6.92 Å². The predicted octanol–water partition coefficient (Wildman–Crippen LogP) is 1.57. The van der Waals surface area contributed by atoms with E-state index in [1.54, 1.807) is 0 Å². The number of aliphatic hydroxyl groups is 1. The van der Waals surface area contributed by atoms with Crippen LogP contribution in [0.2, 0.25) is 0 Å². The Bertz CT molecular complexity index is 154. The van der Waals surface area contributed by atoms with Crippen LogP contribution in [0.25, 0.3) is 0 Å². The first kappa shape index (κ1) is 8.52. The summed E-state index contributed by atoms with van der Waals surface area (Å²) in [5.74, 6) is 1.73. The van der Waals surface area contributed by atoms with Gasteiger partial charge in [0.15, 0.2) is 0 Å². The molecule has 2 fully saturated rings. The molecule has 0 aromatic carbocycles. The van der Waals surface area contributed by atoms with Crippen molar-refractivity contribution >= 4 is 0 Å². The van der Waals surface area contributed by atoms with E-state index in [9.17, 15) is 5.11 Å². The summed E-state index contributed by atoms with van der Waals surface area (Å²) in [6.07, 6.45) is 4.98. The minimum absolute atomic E-state index is 0.170. The number of hydrogen-bond donors (Lipinski definition) is 1. The highest BCUT2D eigenvalue weighted by Crippen LogP contribution is 2.45. The summed E-state index contributed by atoms with van der Waals surface area (Å²) < 4.78 is 5.04. The molecule has 0 aromatic rings. The second-order valence-corrected chi connectivity index (χ2v) is 4.22. The number of epoxide rings is 1. The summed E-state index contributed by atoms with van der Waals surface area (Å²) in [6, 6.07) is 0. The van der Waals surface area contributed by atoms with Gasteiger partial charge in [-0.1, -0.05) is 19.8 Å². The standard InChI is InChI=1S/C10H18O2/c1-2-3-7-4-8(7)5-9(11)10-6-12-10/h7-11H,2-6H2,1H3. The maximum absolute atomic E-state index is 9.56. The quantitative estimate of drug-likeness (QED) is 0.635. The molecule has 1 aliphatic carbocycles. The molecule has 2 nitrogen and oxygen atoms in total. The molecule has 2 heteroatoms. The molecule has 0 spiro atoms. The number of rotatable bonds is 5. The average molecular weight is 170 g/mol. The Labute approximate surface area is 73.9 Å². The number of hydrogen-bond acceptors (Lipinski definition) is 2. The summed E-state index contributed by atoms with van der Waals surface area (Å²) in [6.45, 7) is 3.02. The summed E-state index contributed by atoms with van der Waals surface area (Å²) in [5, 5.41) is 9.56. The van der Waals surface area contributed by atoms with E-state index in [0.29, 0.717) is 0 Å². The van der Waals surface area contributed by atoms with Gasteiger partial charge in [0.1, 0.15) is 6.10 Å².